The summed E-state index contributed by atoms with van der Waals surface area (Å²) in [5.41, 5.74) is 0. The molecule has 0 radical (unpaired) electrons. The Bertz CT molecular complexity index is 148. The van der Waals surface area contributed by atoms with Gasteiger partial charge in [0, 0.05) is 32.2 Å². The second kappa shape index (κ2) is 7.25. The van der Waals surface area contributed by atoms with Crippen molar-refractivity contribution in [2.75, 3.05) is 53.4 Å². The molecule has 96 valence electrons. The second-order valence-corrected chi connectivity index (χ2v) is 4.87. The molecule has 0 saturated carbocycles. The van der Waals surface area contributed by atoms with Gasteiger partial charge in [-0.3, -0.25) is 4.90 Å². The number of nitrogens with zero attached hydrogens (tertiary/aromatic N) is 3. The Morgan fingerprint density at radius 3 is 1.62 bits per heavy atom. The summed E-state index contributed by atoms with van der Waals surface area (Å²) in [6.07, 6.45) is 2.75. The number of likely N-dealkylation sites (N-methyl/N-ethyl adjacent to an activating group) is 1. The predicted molar refractivity (Wildman–Crippen MR) is 70.9 cm³/mol. The Kier molecular flexibility index (Phi) is 6.32. The molecule has 0 aliphatic carbocycles. The summed E-state index contributed by atoms with van der Waals surface area (Å²) in [5, 5.41) is 0. The molecule has 2 rings (SSSR count). The van der Waals surface area contributed by atoms with Crippen molar-refractivity contribution in [2.45, 2.75) is 32.7 Å². The van der Waals surface area contributed by atoms with Crippen molar-refractivity contribution in [1.29, 1.82) is 0 Å². The zero-order valence-corrected chi connectivity index (χ0v) is 11.6. The van der Waals surface area contributed by atoms with Crippen molar-refractivity contribution in [3.05, 3.63) is 0 Å². The van der Waals surface area contributed by atoms with Crippen LogP contribution in [0.15, 0.2) is 0 Å². The molecule has 2 saturated heterocycles. The first-order valence-corrected chi connectivity index (χ1v) is 6.87. The highest BCUT2D eigenvalue weighted by Gasteiger charge is 2.25. The molecule has 0 atom stereocenters. The average Bonchev–Trinajstić information content (AvgIpc) is 2.34. The number of hydrogen-bond acceptors (Lipinski definition) is 3. The van der Waals surface area contributed by atoms with Gasteiger partial charge in [0.15, 0.2) is 0 Å². The summed E-state index contributed by atoms with van der Waals surface area (Å²) in [7, 11) is 4.46. The largest absolute Gasteiger partial charge is 0.306 e. The predicted octanol–water partition coefficient (Wildman–Crippen LogP) is 1.35. The molecule has 0 bridgehead atoms. The number of likely N-dealkylation sites (tertiary alicyclic amines) is 1. The van der Waals surface area contributed by atoms with Gasteiger partial charge in [-0.25, -0.2) is 0 Å². The molecule has 3 heteroatoms. The maximum Gasteiger partial charge on any atom is 0.0121 e. The normalized spacial score (nSPS) is 26.2. The number of piperidine rings is 1. The summed E-state index contributed by atoms with van der Waals surface area (Å²) in [6, 6.07) is 0.875. The van der Waals surface area contributed by atoms with Gasteiger partial charge >= 0.3 is 0 Å². The lowest BCUT2D eigenvalue weighted by atomic mass is 10.0. The van der Waals surface area contributed by atoms with Gasteiger partial charge in [0.2, 0.25) is 0 Å². The smallest absolute Gasteiger partial charge is 0.0121 e. The van der Waals surface area contributed by atoms with Gasteiger partial charge in [0.25, 0.3) is 0 Å². The first-order chi connectivity index (χ1) is 7.75. The summed E-state index contributed by atoms with van der Waals surface area (Å²) in [6.45, 7) is 11.7. The molecule has 3 nitrogen and oxygen atoms in total. The number of piperazine rings is 1. The van der Waals surface area contributed by atoms with Gasteiger partial charge in [-0.2, -0.15) is 0 Å². The van der Waals surface area contributed by atoms with E-state index in [4.69, 9.17) is 0 Å². The minimum atomic E-state index is 0.875. The van der Waals surface area contributed by atoms with Crippen molar-refractivity contribution in [3.63, 3.8) is 0 Å². The van der Waals surface area contributed by atoms with Crippen molar-refractivity contribution in [2.24, 2.45) is 0 Å². The molecular weight excluding hydrogens is 198 g/mol. The average molecular weight is 227 g/mol. The Morgan fingerprint density at radius 2 is 1.12 bits per heavy atom. The number of rotatable bonds is 1. The van der Waals surface area contributed by atoms with Gasteiger partial charge < -0.3 is 9.80 Å². The van der Waals surface area contributed by atoms with Crippen molar-refractivity contribution in [3.8, 4) is 0 Å². The van der Waals surface area contributed by atoms with Gasteiger partial charge in [-0.1, -0.05) is 13.8 Å². The molecule has 0 unspecified atom stereocenters. The molecule has 0 aromatic heterocycles. The van der Waals surface area contributed by atoms with Crippen molar-refractivity contribution in [1.82, 2.24) is 14.7 Å². The Morgan fingerprint density at radius 1 is 0.688 bits per heavy atom. The fraction of sp³-hybridized carbons (Fsp3) is 1.00. The Balaban J connectivity index is 0.000000606. The molecule has 2 aliphatic heterocycles. The summed E-state index contributed by atoms with van der Waals surface area (Å²) < 4.78 is 0. The highest BCUT2D eigenvalue weighted by atomic mass is 15.3. The van der Waals surface area contributed by atoms with Crippen LogP contribution in [-0.2, 0) is 0 Å². The highest BCUT2D eigenvalue weighted by molar-refractivity contribution is 4.81. The van der Waals surface area contributed by atoms with E-state index in [9.17, 15) is 0 Å². The second-order valence-electron chi connectivity index (χ2n) is 4.87. The van der Waals surface area contributed by atoms with Crippen LogP contribution in [0.25, 0.3) is 0 Å². The van der Waals surface area contributed by atoms with Crippen LogP contribution in [0.4, 0.5) is 0 Å². The van der Waals surface area contributed by atoms with Crippen LogP contribution in [-0.4, -0.2) is 74.1 Å². The zero-order valence-electron chi connectivity index (χ0n) is 11.6. The van der Waals surface area contributed by atoms with Gasteiger partial charge in [-0.15, -0.1) is 0 Å². The molecule has 16 heavy (non-hydrogen) atoms. The summed E-state index contributed by atoms with van der Waals surface area (Å²) >= 11 is 0. The molecular formula is C13H29N3. The topological polar surface area (TPSA) is 9.72 Å². The van der Waals surface area contributed by atoms with Crippen molar-refractivity contribution < 1.29 is 0 Å². The van der Waals surface area contributed by atoms with Crippen LogP contribution < -0.4 is 0 Å². The maximum absolute atomic E-state index is 2.70. The number of hydrogen-bond donors (Lipinski definition) is 0. The quantitative estimate of drug-likeness (QED) is 0.669. The summed E-state index contributed by atoms with van der Waals surface area (Å²) in [5.74, 6) is 0. The fourth-order valence-electron chi connectivity index (χ4n) is 2.55. The molecule has 0 aromatic carbocycles. The van der Waals surface area contributed by atoms with E-state index in [0.717, 1.165) is 6.04 Å². The van der Waals surface area contributed by atoms with Crippen LogP contribution in [0.5, 0.6) is 0 Å². The van der Waals surface area contributed by atoms with E-state index in [0.29, 0.717) is 0 Å². The molecule has 0 spiro atoms. The van der Waals surface area contributed by atoms with E-state index >= 15 is 0 Å². The van der Waals surface area contributed by atoms with Crippen LogP contribution in [0.2, 0.25) is 0 Å². The van der Waals surface area contributed by atoms with Crippen molar-refractivity contribution >= 4 is 0 Å². The van der Waals surface area contributed by atoms with E-state index < -0.39 is 0 Å². The SMILES string of the molecule is CC.CN1CCC(N2CCN(C)CC2)CC1. The monoisotopic (exact) mass is 227 g/mol. The molecule has 2 aliphatic rings. The van der Waals surface area contributed by atoms with Crippen LogP contribution in [0.3, 0.4) is 0 Å². The standard InChI is InChI=1S/C11H23N3.C2H6/c1-12-5-3-11(4-6-12)14-9-7-13(2)8-10-14;1-2/h11H,3-10H2,1-2H3;1-2H3. The van der Waals surface area contributed by atoms with E-state index in [2.05, 4.69) is 28.8 Å². The Labute approximate surface area is 101 Å². The minimum Gasteiger partial charge on any atom is -0.306 e. The fourth-order valence-corrected chi connectivity index (χ4v) is 2.55. The first kappa shape index (κ1) is 13.9. The molecule has 0 N–H and O–H groups in total. The van der Waals surface area contributed by atoms with E-state index in [1.165, 1.54) is 52.1 Å². The van der Waals surface area contributed by atoms with Gasteiger partial charge in [0.1, 0.15) is 0 Å². The minimum absolute atomic E-state index is 0.875. The van der Waals surface area contributed by atoms with E-state index in [-0.39, 0.29) is 0 Å². The molecule has 0 amide bonds. The van der Waals surface area contributed by atoms with E-state index in [1.54, 1.807) is 0 Å². The molecule has 0 aromatic rings. The summed E-state index contributed by atoms with van der Waals surface area (Å²) in [4.78, 5) is 7.59. The highest BCUT2D eigenvalue weighted by Crippen LogP contribution is 2.16. The molecule has 2 fully saturated rings. The third-order valence-electron chi connectivity index (χ3n) is 3.74. The molecule has 2 heterocycles. The van der Waals surface area contributed by atoms with Crippen LogP contribution in [0.1, 0.15) is 26.7 Å². The first-order valence-electron chi connectivity index (χ1n) is 6.87. The van der Waals surface area contributed by atoms with E-state index in [1.807, 2.05) is 13.8 Å². The van der Waals surface area contributed by atoms with Gasteiger partial charge in [-0.05, 0) is 40.0 Å². The lowest BCUT2D eigenvalue weighted by Gasteiger charge is -2.41. The zero-order chi connectivity index (χ0) is 12.0. The maximum atomic E-state index is 2.70. The Hall–Kier alpha value is -0.120. The lowest BCUT2D eigenvalue weighted by Crippen LogP contribution is -2.51. The van der Waals surface area contributed by atoms with Crippen LogP contribution >= 0.6 is 0 Å². The third kappa shape index (κ3) is 4.04. The van der Waals surface area contributed by atoms with Gasteiger partial charge in [0.05, 0.1) is 0 Å². The lowest BCUT2D eigenvalue weighted by molar-refractivity contribution is 0.0742. The van der Waals surface area contributed by atoms with Crippen LogP contribution in [0, 0.1) is 0 Å². The third-order valence-corrected chi connectivity index (χ3v) is 3.74.